The van der Waals surface area contributed by atoms with Gasteiger partial charge in [0.05, 0.1) is 18.5 Å². The zero-order chi connectivity index (χ0) is 30.4. The Morgan fingerprint density at radius 3 is 2.21 bits per heavy atom. The standard InChI is InChI=1S/C33H38N6O3S/c1-23(2)19-28(40)17-15-25-11-8-12-26(20-25)22-31(42)35-33-39-38-32(43-33)14-7-6-13-27-16-18-29(37-36-27)34-30(41)21-24-9-4-3-5-10-24/h3-5,8-12,16,18,20,23H,6-7,13-15,17,19,21-22H2,1-2H3,(H,34,37,41)(H,35,39,42). The van der Waals surface area contributed by atoms with Gasteiger partial charge in [0.15, 0.2) is 5.82 Å². The normalized spacial score (nSPS) is 11.0. The first-order chi connectivity index (χ1) is 20.8. The van der Waals surface area contributed by atoms with Gasteiger partial charge < -0.3 is 10.6 Å². The smallest absolute Gasteiger partial charge is 0.230 e. The molecule has 0 saturated carbocycles. The van der Waals surface area contributed by atoms with Crippen molar-refractivity contribution in [2.75, 3.05) is 10.6 Å². The Hall–Kier alpha value is -4.31. The molecule has 0 aliphatic heterocycles. The fourth-order valence-electron chi connectivity index (χ4n) is 4.60. The Morgan fingerprint density at radius 1 is 0.721 bits per heavy atom. The Balaban J connectivity index is 1.14. The van der Waals surface area contributed by atoms with Gasteiger partial charge in [-0.3, -0.25) is 14.4 Å². The van der Waals surface area contributed by atoms with Gasteiger partial charge in [-0.05, 0) is 60.4 Å². The fraction of sp³-hybridized carbons (Fsp3) is 0.364. The summed E-state index contributed by atoms with van der Waals surface area (Å²) < 4.78 is 0. The Morgan fingerprint density at radius 2 is 1.44 bits per heavy atom. The first-order valence-corrected chi connectivity index (χ1v) is 15.5. The molecular formula is C33H38N6O3S. The maximum Gasteiger partial charge on any atom is 0.230 e. The van der Waals surface area contributed by atoms with E-state index in [-0.39, 0.29) is 30.4 Å². The maximum atomic E-state index is 12.6. The monoisotopic (exact) mass is 598 g/mol. The molecule has 4 aromatic rings. The van der Waals surface area contributed by atoms with Crippen LogP contribution in [0.1, 0.15) is 66.9 Å². The number of unbranched alkanes of at least 4 members (excludes halogenated alkanes) is 1. The van der Waals surface area contributed by atoms with Crippen molar-refractivity contribution >= 4 is 39.9 Å². The number of benzene rings is 2. The number of carbonyl (C=O) groups is 3. The van der Waals surface area contributed by atoms with E-state index in [2.05, 4.69) is 31.0 Å². The second kappa shape index (κ2) is 16.4. The third kappa shape index (κ3) is 11.5. The van der Waals surface area contributed by atoms with Crippen LogP contribution in [0.4, 0.5) is 10.9 Å². The van der Waals surface area contributed by atoms with Gasteiger partial charge in [0, 0.05) is 19.3 Å². The molecule has 43 heavy (non-hydrogen) atoms. The fourth-order valence-corrected chi connectivity index (χ4v) is 5.40. The molecule has 0 radical (unpaired) electrons. The summed E-state index contributed by atoms with van der Waals surface area (Å²) in [5.74, 6) is 0.810. The van der Waals surface area contributed by atoms with Crippen molar-refractivity contribution in [3.63, 3.8) is 0 Å². The molecule has 9 nitrogen and oxygen atoms in total. The third-order valence-electron chi connectivity index (χ3n) is 6.67. The van der Waals surface area contributed by atoms with E-state index in [0.29, 0.717) is 36.1 Å². The van der Waals surface area contributed by atoms with Crippen LogP contribution >= 0.6 is 11.3 Å². The van der Waals surface area contributed by atoms with Crippen molar-refractivity contribution in [1.29, 1.82) is 0 Å². The van der Waals surface area contributed by atoms with Gasteiger partial charge in [0.25, 0.3) is 0 Å². The number of nitrogens with one attached hydrogen (secondary N) is 2. The number of aromatic nitrogens is 4. The largest absolute Gasteiger partial charge is 0.309 e. The van der Waals surface area contributed by atoms with Crippen LogP contribution < -0.4 is 10.6 Å². The van der Waals surface area contributed by atoms with E-state index in [9.17, 15) is 14.4 Å². The third-order valence-corrected chi connectivity index (χ3v) is 7.56. The predicted molar refractivity (Wildman–Crippen MR) is 169 cm³/mol. The minimum absolute atomic E-state index is 0.128. The van der Waals surface area contributed by atoms with Gasteiger partial charge in [-0.1, -0.05) is 79.8 Å². The lowest BCUT2D eigenvalue weighted by Gasteiger charge is -2.06. The number of rotatable bonds is 16. The van der Waals surface area contributed by atoms with E-state index < -0.39 is 0 Å². The Kier molecular flexibility index (Phi) is 12.0. The summed E-state index contributed by atoms with van der Waals surface area (Å²) in [5, 5.41) is 23.7. The van der Waals surface area contributed by atoms with Crippen LogP contribution in [0.2, 0.25) is 0 Å². The number of hydrogen-bond acceptors (Lipinski definition) is 8. The van der Waals surface area contributed by atoms with Crippen LogP contribution in [0.15, 0.2) is 66.7 Å². The van der Waals surface area contributed by atoms with E-state index in [1.807, 2.05) is 74.5 Å². The molecule has 2 aromatic heterocycles. The highest BCUT2D eigenvalue weighted by Crippen LogP contribution is 2.19. The number of hydrogen-bond donors (Lipinski definition) is 2. The van der Waals surface area contributed by atoms with E-state index in [4.69, 9.17) is 0 Å². The van der Waals surface area contributed by atoms with Gasteiger partial charge >= 0.3 is 0 Å². The summed E-state index contributed by atoms with van der Waals surface area (Å²) in [7, 11) is 0. The molecule has 0 fully saturated rings. The predicted octanol–water partition coefficient (Wildman–Crippen LogP) is 5.80. The number of Topliss-reactive ketones (excluding diaryl/α,β-unsaturated/α-hetero) is 1. The first-order valence-electron chi connectivity index (χ1n) is 14.7. The summed E-state index contributed by atoms with van der Waals surface area (Å²) in [6.45, 7) is 4.10. The molecular weight excluding hydrogens is 560 g/mol. The Labute approximate surface area is 256 Å². The summed E-state index contributed by atoms with van der Waals surface area (Å²) >= 11 is 1.39. The average Bonchev–Trinajstić information content (AvgIpc) is 3.42. The molecule has 2 amide bonds. The van der Waals surface area contributed by atoms with Crippen LogP contribution in [0.5, 0.6) is 0 Å². The molecule has 0 aliphatic rings. The van der Waals surface area contributed by atoms with Crippen molar-refractivity contribution in [2.45, 2.75) is 71.6 Å². The van der Waals surface area contributed by atoms with Crippen molar-refractivity contribution in [3.8, 4) is 0 Å². The number of anilines is 2. The molecule has 4 rings (SSSR count). The van der Waals surface area contributed by atoms with Crippen molar-refractivity contribution in [1.82, 2.24) is 20.4 Å². The number of nitrogens with zero attached hydrogens (tertiary/aromatic N) is 4. The lowest BCUT2D eigenvalue weighted by Crippen LogP contribution is -2.15. The van der Waals surface area contributed by atoms with Crippen molar-refractivity contribution in [3.05, 3.63) is 94.1 Å². The van der Waals surface area contributed by atoms with Gasteiger partial charge in [0.2, 0.25) is 16.9 Å². The second-order valence-electron chi connectivity index (χ2n) is 11.0. The highest BCUT2D eigenvalue weighted by molar-refractivity contribution is 7.15. The van der Waals surface area contributed by atoms with Crippen LogP contribution in [0, 0.1) is 5.92 Å². The molecule has 0 bridgehead atoms. The topological polar surface area (TPSA) is 127 Å². The van der Waals surface area contributed by atoms with Gasteiger partial charge in [-0.15, -0.1) is 15.3 Å². The summed E-state index contributed by atoms with van der Waals surface area (Å²) in [5.41, 5.74) is 3.77. The number of amides is 2. The molecule has 2 heterocycles. The van der Waals surface area contributed by atoms with E-state index in [0.717, 1.165) is 53.1 Å². The average molecular weight is 599 g/mol. The van der Waals surface area contributed by atoms with Crippen LogP contribution in [0.25, 0.3) is 0 Å². The van der Waals surface area contributed by atoms with Crippen molar-refractivity contribution in [2.24, 2.45) is 5.92 Å². The second-order valence-corrected chi connectivity index (χ2v) is 12.1. The molecule has 0 saturated heterocycles. The minimum Gasteiger partial charge on any atom is -0.309 e. The molecule has 0 aliphatic carbocycles. The minimum atomic E-state index is -0.144. The maximum absolute atomic E-state index is 12.6. The van der Waals surface area contributed by atoms with Crippen molar-refractivity contribution < 1.29 is 14.4 Å². The number of ketones is 1. The lowest BCUT2D eigenvalue weighted by atomic mass is 9.99. The van der Waals surface area contributed by atoms with E-state index in [1.54, 1.807) is 6.07 Å². The molecule has 10 heteroatoms. The summed E-state index contributed by atoms with van der Waals surface area (Å²) in [4.78, 5) is 36.9. The molecule has 0 unspecified atom stereocenters. The zero-order valence-corrected chi connectivity index (χ0v) is 25.5. The highest BCUT2D eigenvalue weighted by atomic mass is 32.1. The molecule has 224 valence electrons. The van der Waals surface area contributed by atoms with Gasteiger partial charge in [-0.25, -0.2) is 0 Å². The highest BCUT2D eigenvalue weighted by Gasteiger charge is 2.11. The number of carbonyl (C=O) groups excluding carboxylic acids is 3. The molecule has 0 spiro atoms. The molecule has 0 atom stereocenters. The van der Waals surface area contributed by atoms with Gasteiger partial charge in [0.1, 0.15) is 10.8 Å². The number of aryl methyl sites for hydroxylation is 3. The van der Waals surface area contributed by atoms with Crippen LogP contribution in [-0.4, -0.2) is 38.0 Å². The zero-order valence-electron chi connectivity index (χ0n) is 24.7. The van der Waals surface area contributed by atoms with Gasteiger partial charge in [-0.2, -0.15) is 5.10 Å². The summed E-state index contributed by atoms with van der Waals surface area (Å²) in [6, 6.07) is 21.1. The van der Waals surface area contributed by atoms with E-state index >= 15 is 0 Å². The Bertz CT molecular complexity index is 1490. The first kappa shape index (κ1) is 31.6. The quantitative estimate of drug-likeness (QED) is 0.156. The molecule has 2 aromatic carbocycles. The van der Waals surface area contributed by atoms with E-state index in [1.165, 1.54) is 11.3 Å². The lowest BCUT2D eigenvalue weighted by molar-refractivity contribution is -0.120. The van der Waals surface area contributed by atoms with Crippen LogP contribution in [-0.2, 0) is 46.5 Å². The summed E-state index contributed by atoms with van der Waals surface area (Å²) in [6.07, 6.45) is 5.65. The van der Waals surface area contributed by atoms with Crippen LogP contribution in [0.3, 0.4) is 0 Å². The SMILES string of the molecule is CC(C)CC(=O)CCc1cccc(CC(=O)Nc2nnc(CCCCc3ccc(NC(=O)Cc4ccccc4)nn3)s2)c1. The molecule has 2 N–H and O–H groups in total.